The zero-order chi connectivity index (χ0) is 16.7. The molecule has 0 bridgehead atoms. The van der Waals surface area contributed by atoms with Crippen LogP contribution in [0.5, 0.6) is 0 Å². The Morgan fingerprint density at radius 3 is 2.43 bits per heavy atom. The van der Waals surface area contributed by atoms with Crippen molar-refractivity contribution in [2.24, 2.45) is 0 Å². The molecule has 0 atom stereocenters. The summed E-state index contributed by atoms with van der Waals surface area (Å²) in [4.78, 5) is 23.6. The van der Waals surface area contributed by atoms with Crippen LogP contribution in [0, 0.1) is 6.92 Å². The second-order valence-corrected chi connectivity index (χ2v) is 6.49. The smallest absolute Gasteiger partial charge is 0.272 e. The van der Waals surface area contributed by atoms with E-state index in [0.29, 0.717) is 17.7 Å². The number of aromatic nitrogens is 2. The Kier molecular flexibility index (Phi) is 6.81. The molecule has 5 nitrogen and oxygen atoms in total. The molecule has 0 aromatic carbocycles. The predicted molar refractivity (Wildman–Crippen MR) is 93.8 cm³/mol. The highest BCUT2D eigenvalue weighted by Gasteiger charge is 2.19. The summed E-state index contributed by atoms with van der Waals surface area (Å²) in [6.07, 6.45) is 8.09. The number of carbonyl (C=O) groups excluding carboxylic acids is 1. The summed E-state index contributed by atoms with van der Waals surface area (Å²) in [6.45, 7) is 7.67. The van der Waals surface area contributed by atoms with E-state index in [4.69, 9.17) is 0 Å². The summed E-state index contributed by atoms with van der Waals surface area (Å²) < 4.78 is 0. The minimum absolute atomic E-state index is 0.0193. The largest absolute Gasteiger partial charge is 0.351 e. The van der Waals surface area contributed by atoms with Crippen molar-refractivity contribution in [3.63, 3.8) is 0 Å². The molecule has 1 aromatic rings. The third-order valence-corrected chi connectivity index (χ3v) is 4.29. The van der Waals surface area contributed by atoms with Gasteiger partial charge in [-0.3, -0.25) is 4.79 Å². The van der Waals surface area contributed by atoms with E-state index in [-0.39, 0.29) is 5.91 Å². The molecule has 1 amide bonds. The van der Waals surface area contributed by atoms with Crippen LogP contribution in [-0.2, 0) is 0 Å². The molecule has 0 unspecified atom stereocenters. The number of nitrogens with zero attached hydrogens (tertiary/aromatic N) is 3. The minimum atomic E-state index is 0.0193. The first-order valence-electron chi connectivity index (χ1n) is 9.05. The maximum atomic E-state index is 12.7. The lowest BCUT2D eigenvalue weighted by molar-refractivity contribution is 0.0749. The third kappa shape index (κ3) is 5.19. The lowest BCUT2D eigenvalue weighted by atomic mass is 9.96. The molecule has 0 aliphatic heterocycles. The molecule has 1 N–H and O–H groups in total. The van der Waals surface area contributed by atoms with E-state index in [9.17, 15) is 4.79 Å². The first-order chi connectivity index (χ1) is 11.1. The average molecular weight is 318 g/mol. The number of hydrogen-bond donors (Lipinski definition) is 1. The SMILES string of the molecule is CCCN(CCC)C(=O)c1cc(C)nc(NC2CCCCC2)n1. The second-order valence-electron chi connectivity index (χ2n) is 6.49. The Hall–Kier alpha value is -1.65. The van der Waals surface area contributed by atoms with Gasteiger partial charge in [-0.25, -0.2) is 9.97 Å². The van der Waals surface area contributed by atoms with Crippen LogP contribution in [0.4, 0.5) is 5.95 Å². The fourth-order valence-corrected chi connectivity index (χ4v) is 3.19. The molecule has 0 saturated heterocycles. The summed E-state index contributed by atoms with van der Waals surface area (Å²) in [7, 11) is 0. The third-order valence-electron chi connectivity index (χ3n) is 4.29. The molecule has 5 heteroatoms. The van der Waals surface area contributed by atoms with E-state index in [0.717, 1.165) is 31.6 Å². The topological polar surface area (TPSA) is 58.1 Å². The zero-order valence-electron chi connectivity index (χ0n) is 14.8. The van der Waals surface area contributed by atoms with Gasteiger partial charge in [-0.15, -0.1) is 0 Å². The number of carbonyl (C=O) groups is 1. The lowest BCUT2D eigenvalue weighted by Crippen LogP contribution is -2.33. The fraction of sp³-hybridized carbons (Fsp3) is 0.722. The summed E-state index contributed by atoms with van der Waals surface area (Å²) in [6, 6.07) is 2.24. The minimum Gasteiger partial charge on any atom is -0.351 e. The predicted octanol–water partition coefficient (Wildman–Crippen LogP) is 3.79. The first-order valence-corrected chi connectivity index (χ1v) is 9.05. The average Bonchev–Trinajstić information content (AvgIpc) is 2.54. The Labute approximate surface area is 139 Å². The van der Waals surface area contributed by atoms with Gasteiger partial charge in [0.25, 0.3) is 5.91 Å². The maximum Gasteiger partial charge on any atom is 0.272 e. The maximum absolute atomic E-state index is 12.7. The summed E-state index contributed by atoms with van der Waals surface area (Å²) >= 11 is 0. The van der Waals surface area contributed by atoms with Crippen molar-refractivity contribution in [3.05, 3.63) is 17.5 Å². The molecule has 1 aromatic heterocycles. The van der Waals surface area contributed by atoms with Crippen LogP contribution in [0.15, 0.2) is 6.07 Å². The summed E-state index contributed by atoms with van der Waals surface area (Å²) in [5.74, 6) is 0.624. The van der Waals surface area contributed by atoms with Crippen molar-refractivity contribution in [1.29, 1.82) is 0 Å². The van der Waals surface area contributed by atoms with Gasteiger partial charge in [0.05, 0.1) is 0 Å². The van der Waals surface area contributed by atoms with Crippen molar-refractivity contribution in [2.45, 2.75) is 71.8 Å². The van der Waals surface area contributed by atoms with Gasteiger partial charge in [0.15, 0.2) is 0 Å². The van der Waals surface area contributed by atoms with E-state index in [1.54, 1.807) is 6.07 Å². The number of anilines is 1. The second kappa shape index (κ2) is 8.85. The van der Waals surface area contributed by atoms with E-state index < -0.39 is 0 Å². The monoisotopic (exact) mass is 318 g/mol. The Morgan fingerprint density at radius 2 is 1.83 bits per heavy atom. The van der Waals surface area contributed by atoms with Crippen LogP contribution in [-0.4, -0.2) is 39.9 Å². The number of nitrogens with one attached hydrogen (secondary N) is 1. The molecular formula is C18H30N4O. The highest BCUT2D eigenvalue weighted by Crippen LogP contribution is 2.20. The standard InChI is InChI=1S/C18H30N4O/c1-4-11-22(12-5-2)17(23)16-13-14(3)19-18(21-16)20-15-9-7-6-8-10-15/h13,15H,4-12H2,1-3H3,(H,19,20,21). The van der Waals surface area contributed by atoms with E-state index in [1.807, 2.05) is 11.8 Å². The van der Waals surface area contributed by atoms with Gasteiger partial charge in [0.2, 0.25) is 5.95 Å². The quantitative estimate of drug-likeness (QED) is 0.831. The number of aryl methyl sites for hydroxylation is 1. The van der Waals surface area contributed by atoms with Gasteiger partial charge < -0.3 is 10.2 Å². The van der Waals surface area contributed by atoms with E-state index in [1.165, 1.54) is 32.1 Å². The molecule has 0 spiro atoms. The van der Waals surface area contributed by atoms with Crippen LogP contribution in [0.25, 0.3) is 0 Å². The molecule has 128 valence electrons. The molecule has 1 aliphatic rings. The molecule has 1 heterocycles. The Bertz CT molecular complexity index is 506. The van der Waals surface area contributed by atoms with Gasteiger partial charge in [-0.1, -0.05) is 33.1 Å². The molecule has 1 saturated carbocycles. The van der Waals surface area contributed by atoms with E-state index >= 15 is 0 Å². The van der Waals surface area contributed by atoms with E-state index in [2.05, 4.69) is 29.1 Å². The van der Waals surface area contributed by atoms with Crippen molar-refractivity contribution < 1.29 is 4.79 Å². The molecule has 1 fully saturated rings. The number of rotatable bonds is 7. The normalized spacial score (nSPS) is 15.4. The highest BCUT2D eigenvalue weighted by molar-refractivity contribution is 5.92. The van der Waals surface area contributed by atoms with Crippen LogP contribution in [0.1, 0.15) is 75.0 Å². The zero-order valence-corrected chi connectivity index (χ0v) is 14.8. The summed E-state index contributed by atoms with van der Waals surface area (Å²) in [5, 5.41) is 3.43. The highest BCUT2D eigenvalue weighted by atomic mass is 16.2. The molecule has 23 heavy (non-hydrogen) atoms. The van der Waals surface area contributed by atoms with Gasteiger partial charge in [0, 0.05) is 24.8 Å². The number of hydrogen-bond acceptors (Lipinski definition) is 4. The summed E-state index contributed by atoms with van der Waals surface area (Å²) in [5.41, 5.74) is 1.35. The Morgan fingerprint density at radius 1 is 1.17 bits per heavy atom. The molecular weight excluding hydrogens is 288 g/mol. The Balaban J connectivity index is 2.13. The van der Waals surface area contributed by atoms with Gasteiger partial charge in [-0.05, 0) is 38.7 Å². The van der Waals surface area contributed by atoms with Crippen molar-refractivity contribution in [1.82, 2.24) is 14.9 Å². The van der Waals surface area contributed by atoms with Crippen LogP contribution >= 0.6 is 0 Å². The van der Waals surface area contributed by atoms with Gasteiger partial charge >= 0.3 is 0 Å². The molecule has 1 aliphatic carbocycles. The van der Waals surface area contributed by atoms with Gasteiger partial charge in [-0.2, -0.15) is 0 Å². The number of amides is 1. The van der Waals surface area contributed by atoms with Crippen LogP contribution in [0.2, 0.25) is 0 Å². The first kappa shape index (κ1) is 17.7. The van der Waals surface area contributed by atoms with Crippen molar-refractivity contribution >= 4 is 11.9 Å². The van der Waals surface area contributed by atoms with Crippen molar-refractivity contribution in [3.8, 4) is 0 Å². The lowest BCUT2D eigenvalue weighted by Gasteiger charge is -2.24. The molecule has 2 rings (SSSR count). The van der Waals surface area contributed by atoms with Crippen LogP contribution in [0.3, 0.4) is 0 Å². The van der Waals surface area contributed by atoms with Gasteiger partial charge in [0.1, 0.15) is 5.69 Å². The van der Waals surface area contributed by atoms with Crippen molar-refractivity contribution in [2.75, 3.05) is 18.4 Å². The fourth-order valence-electron chi connectivity index (χ4n) is 3.19. The van der Waals surface area contributed by atoms with Crippen LogP contribution < -0.4 is 5.32 Å². The molecule has 0 radical (unpaired) electrons.